The maximum atomic E-state index is 12.8. The van der Waals surface area contributed by atoms with Crippen LogP contribution in [-0.4, -0.2) is 12.1 Å². The lowest BCUT2D eigenvalue weighted by Crippen LogP contribution is -2.21. The lowest BCUT2D eigenvalue weighted by Gasteiger charge is -2.22. The lowest BCUT2D eigenvalue weighted by molar-refractivity contribution is 0.0214. The van der Waals surface area contributed by atoms with Crippen molar-refractivity contribution >= 4 is 33.1 Å². The topological polar surface area (TPSA) is 52.3 Å². The zero-order chi connectivity index (χ0) is 17.2. The molecule has 3 nitrogen and oxygen atoms in total. The first kappa shape index (κ1) is 16.2. The van der Waals surface area contributed by atoms with Crippen molar-refractivity contribution in [3.05, 3.63) is 53.4 Å². The quantitative estimate of drug-likeness (QED) is 0.621. The van der Waals surface area contributed by atoms with Gasteiger partial charge in [0.1, 0.15) is 16.7 Å². The van der Waals surface area contributed by atoms with Gasteiger partial charge in [-0.2, -0.15) is 0 Å². The van der Waals surface area contributed by atoms with Crippen LogP contribution >= 0.6 is 11.3 Å². The van der Waals surface area contributed by atoms with Crippen molar-refractivity contribution in [2.24, 2.45) is 0 Å². The van der Waals surface area contributed by atoms with Crippen molar-refractivity contribution in [2.75, 3.05) is 5.73 Å². The molecule has 0 saturated heterocycles. The fourth-order valence-electron chi connectivity index (χ4n) is 3.55. The molecule has 4 heteroatoms. The first-order valence-corrected chi connectivity index (χ1v) is 9.67. The molecule has 1 heterocycles. The van der Waals surface area contributed by atoms with Crippen LogP contribution in [0.5, 0.6) is 0 Å². The summed E-state index contributed by atoms with van der Waals surface area (Å²) in [6, 6.07) is 14.4. The number of hydrogen-bond acceptors (Lipinski definition) is 4. The number of ether oxygens (including phenoxy) is 1. The predicted octanol–water partition coefficient (Wildman–Crippen LogP) is 5.64. The van der Waals surface area contributed by atoms with Gasteiger partial charge in [-0.3, -0.25) is 0 Å². The lowest BCUT2D eigenvalue weighted by atomic mass is 9.97. The number of nitrogens with two attached hydrogens (primary N) is 1. The highest BCUT2D eigenvalue weighted by molar-refractivity contribution is 7.15. The summed E-state index contributed by atoms with van der Waals surface area (Å²) in [4.78, 5) is 12.8. The van der Waals surface area contributed by atoms with Gasteiger partial charge in [0.05, 0.1) is 0 Å². The molecule has 1 aromatic heterocycles. The van der Waals surface area contributed by atoms with Gasteiger partial charge in [-0.05, 0) is 48.1 Å². The van der Waals surface area contributed by atoms with Gasteiger partial charge >= 0.3 is 5.97 Å². The number of esters is 1. The van der Waals surface area contributed by atoms with Gasteiger partial charge in [-0.15, -0.1) is 11.3 Å². The molecule has 1 fully saturated rings. The van der Waals surface area contributed by atoms with Gasteiger partial charge in [0.25, 0.3) is 0 Å². The second kappa shape index (κ2) is 6.89. The van der Waals surface area contributed by atoms with E-state index in [2.05, 4.69) is 24.3 Å². The molecule has 0 spiro atoms. The van der Waals surface area contributed by atoms with E-state index in [9.17, 15) is 4.79 Å². The standard InChI is InChI=1S/C21H21NO2S/c22-20-19(21(23)24-17-8-2-1-3-9-17)18(13-25-20)16-11-10-14-6-4-5-7-15(14)12-16/h4-7,10-13,17H,1-3,8-9,22H2. The minimum Gasteiger partial charge on any atom is -0.459 e. The van der Waals surface area contributed by atoms with Gasteiger partial charge < -0.3 is 10.5 Å². The smallest absolute Gasteiger partial charge is 0.342 e. The minimum absolute atomic E-state index is 0.0324. The monoisotopic (exact) mass is 351 g/mol. The Hall–Kier alpha value is -2.33. The second-order valence-corrected chi connectivity index (χ2v) is 7.53. The Kier molecular flexibility index (Phi) is 4.45. The number of anilines is 1. The van der Waals surface area contributed by atoms with Crippen LogP contribution in [0.4, 0.5) is 5.00 Å². The summed E-state index contributed by atoms with van der Waals surface area (Å²) in [7, 11) is 0. The third-order valence-corrected chi connectivity index (χ3v) is 5.72. The molecule has 128 valence electrons. The van der Waals surface area contributed by atoms with E-state index in [1.165, 1.54) is 23.1 Å². The molecule has 4 rings (SSSR count). The Bertz CT molecular complexity index is 909. The van der Waals surface area contributed by atoms with Crippen LogP contribution in [0.3, 0.4) is 0 Å². The SMILES string of the molecule is Nc1scc(-c2ccc3ccccc3c2)c1C(=O)OC1CCCCC1. The van der Waals surface area contributed by atoms with Crippen molar-refractivity contribution in [3.63, 3.8) is 0 Å². The third kappa shape index (κ3) is 3.27. The molecule has 1 aliphatic rings. The highest BCUT2D eigenvalue weighted by atomic mass is 32.1. The van der Waals surface area contributed by atoms with Crippen molar-refractivity contribution in [2.45, 2.75) is 38.2 Å². The molecule has 0 amide bonds. The van der Waals surface area contributed by atoms with Gasteiger partial charge in [-0.1, -0.05) is 42.8 Å². The average Bonchev–Trinajstić information content (AvgIpc) is 3.04. The molecule has 1 saturated carbocycles. The zero-order valence-corrected chi connectivity index (χ0v) is 14.9. The van der Waals surface area contributed by atoms with Crippen LogP contribution < -0.4 is 5.73 Å². The Morgan fingerprint density at radius 2 is 1.80 bits per heavy atom. The van der Waals surface area contributed by atoms with Gasteiger partial charge in [0.15, 0.2) is 0 Å². The van der Waals surface area contributed by atoms with Crippen LogP contribution in [0.25, 0.3) is 21.9 Å². The van der Waals surface area contributed by atoms with Crippen molar-refractivity contribution in [3.8, 4) is 11.1 Å². The normalized spacial score (nSPS) is 15.4. The Labute approximate surface area is 151 Å². The number of carbonyl (C=O) groups excluding carboxylic acids is 1. The number of rotatable bonds is 3. The number of thiophene rings is 1. The van der Waals surface area contributed by atoms with E-state index in [0.29, 0.717) is 10.6 Å². The summed E-state index contributed by atoms with van der Waals surface area (Å²) in [5.74, 6) is -0.284. The molecular weight excluding hydrogens is 330 g/mol. The second-order valence-electron chi connectivity index (χ2n) is 6.62. The summed E-state index contributed by atoms with van der Waals surface area (Å²) < 4.78 is 5.75. The van der Waals surface area contributed by atoms with Crippen molar-refractivity contribution in [1.29, 1.82) is 0 Å². The number of hydrogen-bond donors (Lipinski definition) is 1. The highest BCUT2D eigenvalue weighted by Crippen LogP contribution is 2.36. The van der Waals surface area contributed by atoms with Crippen molar-refractivity contribution in [1.82, 2.24) is 0 Å². The summed E-state index contributed by atoms with van der Waals surface area (Å²) in [6.07, 6.45) is 5.45. The molecule has 0 bridgehead atoms. The number of benzene rings is 2. The summed E-state index contributed by atoms with van der Waals surface area (Å²) >= 11 is 1.40. The third-order valence-electron chi connectivity index (χ3n) is 4.91. The first-order chi connectivity index (χ1) is 12.2. The largest absolute Gasteiger partial charge is 0.459 e. The summed E-state index contributed by atoms with van der Waals surface area (Å²) in [5, 5.41) is 4.82. The van der Waals surface area contributed by atoms with Crippen LogP contribution in [0.1, 0.15) is 42.5 Å². The molecule has 0 aliphatic heterocycles. The maximum Gasteiger partial charge on any atom is 0.342 e. The van der Waals surface area contributed by atoms with E-state index < -0.39 is 0 Å². The van der Waals surface area contributed by atoms with E-state index in [4.69, 9.17) is 10.5 Å². The van der Waals surface area contributed by atoms with E-state index in [1.807, 2.05) is 23.6 Å². The van der Waals surface area contributed by atoms with Crippen LogP contribution in [0.15, 0.2) is 47.8 Å². The Morgan fingerprint density at radius 1 is 1.04 bits per heavy atom. The summed E-state index contributed by atoms with van der Waals surface area (Å²) in [6.45, 7) is 0. The van der Waals surface area contributed by atoms with E-state index >= 15 is 0 Å². The van der Waals surface area contributed by atoms with Gasteiger partial charge in [0.2, 0.25) is 0 Å². The first-order valence-electron chi connectivity index (χ1n) is 8.79. The predicted molar refractivity (Wildman–Crippen MR) is 104 cm³/mol. The van der Waals surface area contributed by atoms with Crippen LogP contribution in [0.2, 0.25) is 0 Å². The van der Waals surface area contributed by atoms with Gasteiger partial charge in [0, 0.05) is 10.9 Å². The molecule has 0 radical (unpaired) electrons. The summed E-state index contributed by atoms with van der Waals surface area (Å²) in [5.41, 5.74) is 8.51. The molecule has 1 aliphatic carbocycles. The maximum absolute atomic E-state index is 12.8. The highest BCUT2D eigenvalue weighted by Gasteiger charge is 2.24. The number of carbonyl (C=O) groups is 1. The van der Waals surface area contributed by atoms with Crippen LogP contribution in [0, 0.1) is 0 Å². The van der Waals surface area contributed by atoms with Crippen LogP contribution in [-0.2, 0) is 4.74 Å². The van der Waals surface area contributed by atoms with E-state index in [-0.39, 0.29) is 12.1 Å². The number of fused-ring (bicyclic) bond motifs is 1. The number of nitrogen functional groups attached to an aromatic ring is 1. The molecular formula is C21H21NO2S. The molecule has 2 aromatic carbocycles. The Balaban J connectivity index is 1.67. The average molecular weight is 351 g/mol. The molecule has 0 atom stereocenters. The van der Waals surface area contributed by atoms with Crippen molar-refractivity contribution < 1.29 is 9.53 Å². The molecule has 3 aromatic rings. The molecule has 0 unspecified atom stereocenters. The van der Waals surface area contributed by atoms with E-state index in [1.54, 1.807) is 0 Å². The van der Waals surface area contributed by atoms with Gasteiger partial charge in [-0.25, -0.2) is 4.79 Å². The molecule has 25 heavy (non-hydrogen) atoms. The minimum atomic E-state index is -0.284. The Morgan fingerprint density at radius 3 is 2.60 bits per heavy atom. The zero-order valence-electron chi connectivity index (χ0n) is 14.0. The molecule has 2 N–H and O–H groups in total. The van der Waals surface area contributed by atoms with E-state index in [0.717, 1.165) is 42.2 Å². The fraction of sp³-hybridized carbons (Fsp3) is 0.286. The fourth-order valence-corrected chi connectivity index (χ4v) is 4.36.